The average molecular weight is 256 g/mol. The minimum atomic E-state index is -0.231. The van der Waals surface area contributed by atoms with Gasteiger partial charge in [-0.2, -0.15) is 0 Å². The molecule has 0 aromatic heterocycles. The molecule has 2 aromatic carbocycles. The van der Waals surface area contributed by atoms with E-state index in [1.807, 2.05) is 25.1 Å². The van der Waals surface area contributed by atoms with Gasteiger partial charge in [0.25, 0.3) is 5.91 Å². The summed E-state index contributed by atoms with van der Waals surface area (Å²) in [6, 6.07) is 13.5. The minimum Gasteiger partial charge on any atom is -0.508 e. The van der Waals surface area contributed by atoms with Crippen molar-refractivity contribution in [3.63, 3.8) is 0 Å². The molecule has 4 heteroatoms. The zero-order valence-corrected chi connectivity index (χ0v) is 10.6. The summed E-state index contributed by atoms with van der Waals surface area (Å²) in [7, 11) is 0. The van der Waals surface area contributed by atoms with Crippen LogP contribution in [0.2, 0.25) is 0 Å². The minimum absolute atomic E-state index is 0.0734. The summed E-state index contributed by atoms with van der Waals surface area (Å²) in [4.78, 5) is 12.0. The number of nitrogens with one attached hydrogen (secondary N) is 1. The molecule has 0 aliphatic rings. The van der Waals surface area contributed by atoms with E-state index in [0.29, 0.717) is 11.3 Å². The lowest BCUT2D eigenvalue weighted by atomic mass is 10.1. The highest BCUT2D eigenvalue weighted by Gasteiger charge is 2.11. The Balaban J connectivity index is 2.11. The third kappa shape index (κ3) is 3.25. The van der Waals surface area contributed by atoms with Crippen LogP contribution in [0.15, 0.2) is 48.5 Å². The molecule has 0 aliphatic heterocycles. The van der Waals surface area contributed by atoms with Gasteiger partial charge >= 0.3 is 0 Å². The lowest BCUT2D eigenvalue weighted by Gasteiger charge is -2.15. The van der Waals surface area contributed by atoms with Crippen molar-refractivity contribution < 1.29 is 9.90 Å². The van der Waals surface area contributed by atoms with Gasteiger partial charge in [-0.1, -0.05) is 18.2 Å². The molecule has 4 N–H and O–H groups in total. The summed E-state index contributed by atoms with van der Waals surface area (Å²) in [5, 5.41) is 12.2. The van der Waals surface area contributed by atoms with Crippen molar-refractivity contribution in [2.24, 2.45) is 0 Å². The van der Waals surface area contributed by atoms with Gasteiger partial charge in [0.1, 0.15) is 5.75 Å². The van der Waals surface area contributed by atoms with E-state index in [1.165, 1.54) is 12.1 Å². The quantitative estimate of drug-likeness (QED) is 0.738. The van der Waals surface area contributed by atoms with Crippen molar-refractivity contribution in [3.05, 3.63) is 59.7 Å². The molecule has 1 amide bonds. The van der Waals surface area contributed by atoms with E-state index in [9.17, 15) is 9.90 Å². The fraction of sp³-hybridized carbons (Fsp3) is 0.133. The van der Waals surface area contributed by atoms with Crippen LogP contribution in [0, 0.1) is 0 Å². The van der Waals surface area contributed by atoms with Crippen LogP contribution in [-0.2, 0) is 0 Å². The highest BCUT2D eigenvalue weighted by molar-refractivity contribution is 5.94. The molecule has 1 unspecified atom stereocenters. The molecule has 2 aromatic rings. The van der Waals surface area contributed by atoms with Gasteiger partial charge in [-0.05, 0) is 42.8 Å². The number of benzene rings is 2. The third-order valence-electron chi connectivity index (χ3n) is 2.87. The molecule has 0 spiro atoms. The molecule has 0 saturated carbocycles. The lowest BCUT2D eigenvalue weighted by molar-refractivity contribution is 0.0939. The van der Waals surface area contributed by atoms with Gasteiger partial charge in [0, 0.05) is 11.3 Å². The first-order valence-corrected chi connectivity index (χ1v) is 6.01. The second-order valence-electron chi connectivity index (χ2n) is 4.42. The second kappa shape index (κ2) is 5.44. The number of amides is 1. The van der Waals surface area contributed by atoms with Crippen LogP contribution in [0.3, 0.4) is 0 Å². The van der Waals surface area contributed by atoms with E-state index in [1.54, 1.807) is 18.2 Å². The van der Waals surface area contributed by atoms with Gasteiger partial charge < -0.3 is 16.2 Å². The topological polar surface area (TPSA) is 75.3 Å². The summed E-state index contributed by atoms with van der Waals surface area (Å²) in [6.45, 7) is 1.88. The largest absolute Gasteiger partial charge is 0.508 e. The Morgan fingerprint density at radius 2 is 1.95 bits per heavy atom. The number of nitrogens with two attached hydrogens (primary N) is 1. The Morgan fingerprint density at radius 1 is 1.21 bits per heavy atom. The van der Waals surface area contributed by atoms with Gasteiger partial charge in [-0.25, -0.2) is 0 Å². The zero-order valence-electron chi connectivity index (χ0n) is 10.6. The molecule has 0 aliphatic carbocycles. The number of carbonyl (C=O) groups is 1. The van der Waals surface area contributed by atoms with E-state index in [0.717, 1.165) is 5.56 Å². The van der Waals surface area contributed by atoms with Gasteiger partial charge in [0.2, 0.25) is 0 Å². The maximum atomic E-state index is 12.0. The number of carbonyl (C=O) groups excluding carboxylic acids is 1. The molecule has 0 heterocycles. The maximum Gasteiger partial charge on any atom is 0.251 e. The van der Waals surface area contributed by atoms with Gasteiger partial charge in [-0.15, -0.1) is 0 Å². The Hall–Kier alpha value is -2.49. The number of hydrogen-bond donors (Lipinski definition) is 3. The smallest absolute Gasteiger partial charge is 0.251 e. The highest BCUT2D eigenvalue weighted by atomic mass is 16.3. The van der Waals surface area contributed by atoms with Crippen molar-refractivity contribution in [3.8, 4) is 5.75 Å². The van der Waals surface area contributed by atoms with Crippen LogP contribution >= 0.6 is 0 Å². The number of nitrogen functional groups attached to an aromatic ring is 1. The second-order valence-corrected chi connectivity index (χ2v) is 4.42. The van der Waals surface area contributed by atoms with Crippen molar-refractivity contribution >= 4 is 11.6 Å². The van der Waals surface area contributed by atoms with Gasteiger partial charge in [0.05, 0.1) is 6.04 Å². The van der Waals surface area contributed by atoms with Crippen LogP contribution < -0.4 is 11.1 Å². The fourth-order valence-electron chi connectivity index (χ4n) is 1.84. The third-order valence-corrected chi connectivity index (χ3v) is 2.87. The zero-order chi connectivity index (χ0) is 13.8. The van der Waals surface area contributed by atoms with E-state index < -0.39 is 0 Å². The van der Waals surface area contributed by atoms with E-state index >= 15 is 0 Å². The SMILES string of the molecule is CC(NC(=O)c1cccc(O)c1)c1cccc(N)c1. The monoisotopic (exact) mass is 256 g/mol. The van der Waals surface area contributed by atoms with Crippen LogP contribution in [0.5, 0.6) is 5.75 Å². The van der Waals surface area contributed by atoms with Crippen LogP contribution in [0.1, 0.15) is 28.9 Å². The van der Waals surface area contributed by atoms with Crippen molar-refractivity contribution in [2.45, 2.75) is 13.0 Å². The van der Waals surface area contributed by atoms with Crippen LogP contribution in [0.4, 0.5) is 5.69 Å². The summed E-state index contributed by atoms with van der Waals surface area (Å²) in [5.41, 5.74) is 7.74. The fourth-order valence-corrected chi connectivity index (χ4v) is 1.84. The molecular formula is C15H16N2O2. The number of hydrogen-bond acceptors (Lipinski definition) is 3. The molecule has 2 rings (SSSR count). The molecular weight excluding hydrogens is 240 g/mol. The first-order valence-electron chi connectivity index (χ1n) is 6.01. The van der Waals surface area contributed by atoms with E-state index in [4.69, 9.17) is 5.73 Å². The van der Waals surface area contributed by atoms with Gasteiger partial charge in [-0.3, -0.25) is 4.79 Å². The average Bonchev–Trinajstić information content (AvgIpc) is 2.38. The molecule has 19 heavy (non-hydrogen) atoms. The molecule has 0 saturated heterocycles. The molecule has 0 fully saturated rings. The summed E-state index contributed by atoms with van der Waals surface area (Å²) in [5.74, 6) is -0.157. The maximum absolute atomic E-state index is 12.0. The van der Waals surface area contributed by atoms with Gasteiger partial charge in [0.15, 0.2) is 0 Å². The predicted molar refractivity (Wildman–Crippen MR) is 74.8 cm³/mol. The number of rotatable bonds is 3. The molecule has 1 atom stereocenters. The van der Waals surface area contributed by atoms with Crippen molar-refractivity contribution in [1.29, 1.82) is 0 Å². The molecule has 0 bridgehead atoms. The number of anilines is 1. The Labute approximate surface area is 111 Å². The highest BCUT2D eigenvalue weighted by Crippen LogP contribution is 2.17. The number of phenolic OH excluding ortho intramolecular Hbond substituents is 1. The molecule has 98 valence electrons. The normalized spacial score (nSPS) is 11.8. The first kappa shape index (κ1) is 13.0. The van der Waals surface area contributed by atoms with Crippen molar-refractivity contribution in [2.75, 3.05) is 5.73 Å². The van der Waals surface area contributed by atoms with Crippen LogP contribution in [-0.4, -0.2) is 11.0 Å². The summed E-state index contributed by atoms with van der Waals surface area (Å²) >= 11 is 0. The molecule has 0 radical (unpaired) electrons. The van der Waals surface area contributed by atoms with E-state index in [-0.39, 0.29) is 17.7 Å². The first-order chi connectivity index (χ1) is 9.06. The predicted octanol–water partition coefficient (Wildman–Crippen LogP) is 2.47. The number of phenols is 1. The summed E-state index contributed by atoms with van der Waals surface area (Å²) < 4.78 is 0. The summed E-state index contributed by atoms with van der Waals surface area (Å²) in [6.07, 6.45) is 0. The van der Waals surface area contributed by atoms with E-state index in [2.05, 4.69) is 5.32 Å². The molecule has 4 nitrogen and oxygen atoms in total. The number of aromatic hydroxyl groups is 1. The van der Waals surface area contributed by atoms with Crippen molar-refractivity contribution in [1.82, 2.24) is 5.32 Å². The Kier molecular flexibility index (Phi) is 3.71. The van der Waals surface area contributed by atoms with Crippen LogP contribution in [0.25, 0.3) is 0 Å². The Morgan fingerprint density at radius 3 is 2.63 bits per heavy atom. The standard InChI is InChI=1S/C15H16N2O2/c1-10(11-4-2-6-13(16)8-11)17-15(19)12-5-3-7-14(18)9-12/h2-10,18H,16H2,1H3,(H,17,19). The Bertz CT molecular complexity index is 596. The lowest BCUT2D eigenvalue weighted by Crippen LogP contribution is -2.26.